The number of ether oxygens (including phenoxy) is 2. The molecule has 4 rings (SSSR count). The number of hydrogen-bond acceptors (Lipinski definition) is 5. The average Bonchev–Trinajstić information content (AvgIpc) is 3.10. The predicted octanol–water partition coefficient (Wildman–Crippen LogP) is 6.67. The molecule has 0 fully saturated rings. The molecule has 0 unspecified atom stereocenters. The van der Waals surface area contributed by atoms with Gasteiger partial charge in [0.1, 0.15) is 0 Å². The minimum absolute atomic E-state index is 0.0673. The molecule has 3 aromatic carbocycles. The molecular weight excluding hydrogens is 548 g/mol. The van der Waals surface area contributed by atoms with E-state index in [4.69, 9.17) is 9.47 Å². The number of halogens is 2. The number of Topliss-reactive ketones (excluding diaryl/α,β-unsaturated/α-hetero) is 1. The van der Waals surface area contributed by atoms with Crippen LogP contribution in [0.1, 0.15) is 5.56 Å². The van der Waals surface area contributed by atoms with Crippen molar-refractivity contribution in [2.24, 2.45) is 0 Å². The van der Waals surface area contributed by atoms with Gasteiger partial charge in [-0.05, 0) is 78.4 Å². The fraction of sp³-hybridized carbons (Fsp3) is 0.115. The molecule has 0 amide bonds. The van der Waals surface area contributed by atoms with Gasteiger partial charge in [0.05, 0.1) is 26.0 Å². The zero-order chi connectivity index (χ0) is 23.4. The number of rotatable bonds is 7. The molecule has 1 aliphatic carbocycles. The number of nitrogens with one attached hydrogen (secondary N) is 2. The van der Waals surface area contributed by atoms with E-state index in [-0.39, 0.29) is 11.8 Å². The number of methoxy groups -OCH3 is 2. The summed E-state index contributed by atoms with van der Waals surface area (Å²) in [5, 5.41) is 6.71. The molecule has 0 spiro atoms. The summed E-state index contributed by atoms with van der Waals surface area (Å²) in [7, 11) is 3.19. The number of carbonyl (C=O) groups is 1. The number of carbonyl (C=O) groups excluding carboxylic acids is 1. The Morgan fingerprint density at radius 3 is 2.03 bits per heavy atom. The molecule has 5 nitrogen and oxygen atoms in total. The molecule has 0 heterocycles. The third kappa shape index (κ3) is 5.49. The molecule has 0 saturated heterocycles. The average molecular weight is 570 g/mol. The van der Waals surface area contributed by atoms with Gasteiger partial charge >= 0.3 is 0 Å². The van der Waals surface area contributed by atoms with Gasteiger partial charge in [-0.3, -0.25) is 4.79 Å². The Balaban J connectivity index is 1.68. The van der Waals surface area contributed by atoms with E-state index in [9.17, 15) is 4.79 Å². The SMILES string of the molecule is COc1ccc(/C=C2\C(=O)C(Nc3ccc(Br)cc3)=C[C@H]2Nc2ccc(Br)cc2)cc1OC. The van der Waals surface area contributed by atoms with Crippen LogP contribution in [0.25, 0.3) is 6.08 Å². The Morgan fingerprint density at radius 1 is 0.818 bits per heavy atom. The Bertz CT molecular complexity index is 1220. The fourth-order valence-corrected chi connectivity index (χ4v) is 4.07. The van der Waals surface area contributed by atoms with E-state index in [1.807, 2.05) is 78.9 Å². The highest BCUT2D eigenvalue weighted by atomic mass is 79.9. The zero-order valence-electron chi connectivity index (χ0n) is 18.1. The van der Waals surface area contributed by atoms with Gasteiger partial charge in [0, 0.05) is 25.9 Å². The number of benzene rings is 3. The molecule has 33 heavy (non-hydrogen) atoms. The maximum atomic E-state index is 13.4. The first-order valence-corrected chi connectivity index (χ1v) is 11.8. The summed E-state index contributed by atoms with van der Waals surface area (Å²) in [4.78, 5) is 13.4. The van der Waals surface area contributed by atoms with E-state index in [0.717, 1.165) is 25.9 Å². The minimum atomic E-state index is -0.301. The fourth-order valence-electron chi connectivity index (χ4n) is 3.54. The molecule has 2 N–H and O–H groups in total. The highest BCUT2D eigenvalue weighted by Gasteiger charge is 2.30. The van der Waals surface area contributed by atoms with E-state index < -0.39 is 0 Å². The topological polar surface area (TPSA) is 59.6 Å². The van der Waals surface area contributed by atoms with Crippen LogP contribution in [-0.4, -0.2) is 26.0 Å². The van der Waals surface area contributed by atoms with Crippen molar-refractivity contribution in [2.75, 3.05) is 24.9 Å². The van der Waals surface area contributed by atoms with Crippen molar-refractivity contribution < 1.29 is 14.3 Å². The normalized spacial score (nSPS) is 16.5. The second-order valence-corrected chi connectivity index (χ2v) is 9.22. The van der Waals surface area contributed by atoms with Gasteiger partial charge in [0.25, 0.3) is 0 Å². The van der Waals surface area contributed by atoms with Crippen molar-refractivity contribution in [3.05, 3.63) is 98.6 Å². The second-order valence-electron chi connectivity index (χ2n) is 7.38. The Kier molecular flexibility index (Phi) is 7.20. The van der Waals surface area contributed by atoms with E-state index in [1.54, 1.807) is 14.2 Å². The summed E-state index contributed by atoms with van der Waals surface area (Å²) >= 11 is 6.90. The highest BCUT2D eigenvalue weighted by molar-refractivity contribution is 9.10. The van der Waals surface area contributed by atoms with Crippen LogP contribution in [0, 0.1) is 0 Å². The Hall–Kier alpha value is -3.03. The van der Waals surface area contributed by atoms with Gasteiger partial charge in [-0.1, -0.05) is 37.9 Å². The van der Waals surface area contributed by atoms with Gasteiger partial charge in [-0.2, -0.15) is 0 Å². The molecule has 0 aromatic heterocycles. The Labute approximate surface area is 209 Å². The molecule has 1 atom stereocenters. The third-order valence-corrected chi connectivity index (χ3v) is 6.25. The minimum Gasteiger partial charge on any atom is -0.493 e. The van der Waals surface area contributed by atoms with Crippen LogP contribution >= 0.6 is 31.9 Å². The summed E-state index contributed by atoms with van der Waals surface area (Å²) < 4.78 is 12.7. The first-order chi connectivity index (χ1) is 16.0. The molecule has 0 saturated carbocycles. The lowest BCUT2D eigenvalue weighted by Gasteiger charge is -2.15. The number of allylic oxidation sites excluding steroid dienone is 1. The standard InChI is InChI=1S/C26H22Br2N2O3/c1-32-24-12-3-16(14-25(24)33-2)13-21-22(29-19-8-4-17(27)5-9-19)15-23(26(21)31)30-20-10-6-18(28)7-11-20/h3-15,22,29-30H,1-2H3/b21-13-/t22-/m1/s1. The van der Waals surface area contributed by atoms with E-state index in [0.29, 0.717) is 22.8 Å². The molecule has 0 bridgehead atoms. The monoisotopic (exact) mass is 568 g/mol. The first kappa shape index (κ1) is 23.1. The van der Waals surface area contributed by atoms with Crippen molar-refractivity contribution in [1.82, 2.24) is 0 Å². The molecule has 3 aromatic rings. The summed E-state index contributed by atoms with van der Waals surface area (Å²) in [5.41, 5.74) is 3.75. The van der Waals surface area contributed by atoms with Crippen LogP contribution in [0.3, 0.4) is 0 Å². The molecule has 168 valence electrons. The van der Waals surface area contributed by atoms with Crippen molar-refractivity contribution in [1.29, 1.82) is 0 Å². The zero-order valence-corrected chi connectivity index (χ0v) is 21.2. The van der Waals surface area contributed by atoms with Crippen LogP contribution < -0.4 is 20.1 Å². The molecule has 1 aliphatic rings. The van der Waals surface area contributed by atoms with E-state index >= 15 is 0 Å². The largest absolute Gasteiger partial charge is 0.493 e. The molecule has 0 aliphatic heterocycles. The lowest BCUT2D eigenvalue weighted by atomic mass is 10.0. The van der Waals surface area contributed by atoms with Crippen LogP contribution in [0.2, 0.25) is 0 Å². The van der Waals surface area contributed by atoms with E-state index in [2.05, 4.69) is 42.5 Å². The summed E-state index contributed by atoms with van der Waals surface area (Å²) in [6.45, 7) is 0. The van der Waals surface area contributed by atoms with Gasteiger partial charge in [-0.15, -0.1) is 0 Å². The van der Waals surface area contributed by atoms with Crippen molar-refractivity contribution in [3.63, 3.8) is 0 Å². The summed E-state index contributed by atoms with van der Waals surface area (Å²) in [6.07, 6.45) is 3.80. The van der Waals surface area contributed by atoms with Crippen molar-refractivity contribution >= 4 is 55.1 Å². The number of anilines is 2. The van der Waals surface area contributed by atoms with Crippen molar-refractivity contribution in [2.45, 2.75) is 6.04 Å². The van der Waals surface area contributed by atoms with Crippen LogP contribution in [-0.2, 0) is 4.79 Å². The predicted molar refractivity (Wildman–Crippen MR) is 140 cm³/mol. The van der Waals surface area contributed by atoms with Gasteiger partial charge in [0.2, 0.25) is 5.78 Å². The van der Waals surface area contributed by atoms with Crippen LogP contribution in [0.15, 0.2) is 93.0 Å². The number of hydrogen-bond donors (Lipinski definition) is 2. The number of ketones is 1. The maximum Gasteiger partial charge on any atom is 0.207 e. The quantitative estimate of drug-likeness (QED) is 0.311. The third-order valence-electron chi connectivity index (χ3n) is 5.19. The Morgan fingerprint density at radius 2 is 1.42 bits per heavy atom. The first-order valence-electron chi connectivity index (χ1n) is 10.2. The van der Waals surface area contributed by atoms with E-state index in [1.165, 1.54) is 0 Å². The highest BCUT2D eigenvalue weighted by Crippen LogP contribution is 2.32. The second kappa shape index (κ2) is 10.3. The van der Waals surface area contributed by atoms with Gasteiger partial charge < -0.3 is 20.1 Å². The smallest absolute Gasteiger partial charge is 0.207 e. The van der Waals surface area contributed by atoms with Gasteiger partial charge in [-0.25, -0.2) is 0 Å². The lowest BCUT2D eigenvalue weighted by molar-refractivity contribution is -0.111. The van der Waals surface area contributed by atoms with Crippen LogP contribution in [0.4, 0.5) is 11.4 Å². The molecule has 0 radical (unpaired) electrons. The molecule has 7 heteroatoms. The summed E-state index contributed by atoms with van der Waals surface area (Å²) in [6, 6.07) is 20.8. The van der Waals surface area contributed by atoms with Crippen molar-refractivity contribution in [3.8, 4) is 11.5 Å². The molecular formula is C26H22Br2N2O3. The van der Waals surface area contributed by atoms with Gasteiger partial charge in [0.15, 0.2) is 11.5 Å². The van der Waals surface area contributed by atoms with Crippen LogP contribution in [0.5, 0.6) is 11.5 Å². The lowest BCUT2D eigenvalue weighted by Crippen LogP contribution is -2.19. The summed E-state index contributed by atoms with van der Waals surface area (Å²) in [5.74, 6) is 1.18. The maximum absolute atomic E-state index is 13.4.